The Bertz CT molecular complexity index is 617. The van der Waals surface area contributed by atoms with Crippen LogP contribution in [0.25, 0.3) is 0 Å². The number of nitrogens with one attached hydrogen (secondary N) is 1. The van der Waals surface area contributed by atoms with Crippen LogP contribution in [0.1, 0.15) is 30.2 Å². The quantitative estimate of drug-likeness (QED) is 0.888. The summed E-state index contributed by atoms with van der Waals surface area (Å²) in [5.41, 5.74) is 0.200. The fourth-order valence-corrected chi connectivity index (χ4v) is 2.53. The van der Waals surface area contributed by atoms with Crippen molar-refractivity contribution in [2.24, 2.45) is 0 Å². The molecule has 4 nitrogen and oxygen atoms in total. The maximum atomic E-state index is 13.0. The summed E-state index contributed by atoms with van der Waals surface area (Å²) in [4.78, 5) is 12.5. The van der Waals surface area contributed by atoms with Crippen molar-refractivity contribution in [2.75, 3.05) is 6.61 Å². The van der Waals surface area contributed by atoms with E-state index in [0.717, 1.165) is 18.4 Å². The van der Waals surface area contributed by atoms with E-state index in [0.29, 0.717) is 5.76 Å². The zero-order chi connectivity index (χ0) is 14.9. The molecule has 21 heavy (non-hydrogen) atoms. The van der Waals surface area contributed by atoms with E-state index in [1.807, 2.05) is 0 Å². The van der Waals surface area contributed by atoms with Gasteiger partial charge in [-0.25, -0.2) is 4.39 Å². The first-order chi connectivity index (χ1) is 10.2. The molecule has 0 saturated heterocycles. The average molecular weight is 289 g/mol. The summed E-state index contributed by atoms with van der Waals surface area (Å²) in [7, 11) is 0. The molecular formula is C16H16FNO3. The molecule has 0 radical (unpaired) electrons. The SMILES string of the molecule is O=C(NC(CO)c1ccco1)C1(c2ccc(F)cc2)CC1. The van der Waals surface area contributed by atoms with Gasteiger partial charge in [0.2, 0.25) is 5.91 Å². The summed E-state index contributed by atoms with van der Waals surface area (Å²) in [5.74, 6) is 0.0316. The Morgan fingerprint density at radius 2 is 2.05 bits per heavy atom. The number of halogens is 1. The van der Waals surface area contributed by atoms with Gasteiger partial charge in [0.25, 0.3) is 0 Å². The van der Waals surface area contributed by atoms with Gasteiger partial charge in [0, 0.05) is 0 Å². The van der Waals surface area contributed by atoms with Crippen LogP contribution in [0.5, 0.6) is 0 Å². The van der Waals surface area contributed by atoms with Crippen molar-refractivity contribution in [1.29, 1.82) is 0 Å². The molecule has 0 spiro atoms. The van der Waals surface area contributed by atoms with E-state index < -0.39 is 11.5 Å². The lowest BCUT2D eigenvalue weighted by molar-refractivity contribution is -0.124. The van der Waals surface area contributed by atoms with Gasteiger partial charge in [-0.05, 0) is 42.7 Å². The van der Waals surface area contributed by atoms with Gasteiger partial charge in [0.05, 0.1) is 18.3 Å². The summed E-state index contributed by atoms with van der Waals surface area (Å²) in [6.07, 6.45) is 2.94. The van der Waals surface area contributed by atoms with Crippen LogP contribution in [0.4, 0.5) is 4.39 Å². The summed E-state index contributed by atoms with van der Waals surface area (Å²) in [6.45, 7) is -0.237. The monoisotopic (exact) mass is 289 g/mol. The second kappa shape index (κ2) is 5.33. The molecule has 1 amide bonds. The smallest absolute Gasteiger partial charge is 0.231 e. The number of hydrogen-bond acceptors (Lipinski definition) is 3. The van der Waals surface area contributed by atoms with E-state index >= 15 is 0 Å². The van der Waals surface area contributed by atoms with Gasteiger partial charge in [-0.2, -0.15) is 0 Å². The second-order valence-electron chi connectivity index (χ2n) is 5.31. The normalized spacial score (nSPS) is 17.2. The largest absolute Gasteiger partial charge is 0.467 e. The molecule has 1 atom stereocenters. The van der Waals surface area contributed by atoms with E-state index in [2.05, 4.69) is 5.32 Å². The lowest BCUT2D eigenvalue weighted by atomic mass is 9.94. The lowest BCUT2D eigenvalue weighted by Gasteiger charge is -2.20. The van der Waals surface area contributed by atoms with Crippen molar-refractivity contribution in [3.8, 4) is 0 Å². The molecule has 1 fully saturated rings. The van der Waals surface area contributed by atoms with E-state index in [1.165, 1.54) is 18.4 Å². The fourth-order valence-electron chi connectivity index (χ4n) is 2.53. The van der Waals surface area contributed by atoms with Crippen molar-refractivity contribution in [1.82, 2.24) is 5.32 Å². The summed E-state index contributed by atoms with van der Waals surface area (Å²) in [5, 5.41) is 12.2. The van der Waals surface area contributed by atoms with Crippen molar-refractivity contribution >= 4 is 5.91 Å². The highest BCUT2D eigenvalue weighted by atomic mass is 19.1. The highest BCUT2D eigenvalue weighted by molar-refractivity contribution is 5.91. The average Bonchev–Trinajstić information content (AvgIpc) is 3.13. The molecule has 1 aromatic carbocycles. The third-order valence-corrected chi connectivity index (χ3v) is 3.96. The molecule has 2 aromatic rings. The fraction of sp³-hybridized carbons (Fsp3) is 0.312. The van der Waals surface area contributed by atoms with Crippen LogP contribution in [-0.4, -0.2) is 17.6 Å². The molecule has 1 aromatic heterocycles. The van der Waals surface area contributed by atoms with Crippen LogP contribution in [0, 0.1) is 5.82 Å². The van der Waals surface area contributed by atoms with Gasteiger partial charge >= 0.3 is 0 Å². The Balaban J connectivity index is 1.77. The van der Waals surface area contributed by atoms with E-state index in [-0.39, 0.29) is 18.3 Å². The zero-order valence-corrected chi connectivity index (χ0v) is 11.4. The molecule has 3 rings (SSSR count). The number of aliphatic hydroxyl groups is 1. The number of aliphatic hydroxyl groups excluding tert-OH is 1. The molecule has 1 aliphatic carbocycles. The highest BCUT2D eigenvalue weighted by Crippen LogP contribution is 2.48. The number of rotatable bonds is 5. The van der Waals surface area contributed by atoms with Crippen LogP contribution >= 0.6 is 0 Å². The van der Waals surface area contributed by atoms with Gasteiger partial charge in [-0.15, -0.1) is 0 Å². The minimum absolute atomic E-state index is 0.162. The predicted molar refractivity (Wildman–Crippen MR) is 74.0 cm³/mol. The standard InChI is InChI=1S/C16H16FNO3/c17-12-5-3-11(4-6-12)16(7-8-16)15(20)18-13(10-19)14-2-1-9-21-14/h1-6,9,13,19H,7-8,10H2,(H,18,20). The summed E-state index contributed by atoms with van der Waals surface area (Å²) >= 11 is 0. The number of carbonyl (C=O) groups excluding carboxylic acids is 1. The van der Waals surface area contributed by atoms with Gasteiger partial charge in [0.15, 0.2) is 0 Å². The summed E-state index contributed by atoms with van der Waals surface area (Å²) < 4.78 is 18.2. The first kappa shape index (κ1) is 13.8. The summed E-state index contributed by atoms with van der Waals surface area (Å²) in [6, 6.07) is 8.85. The molecule has 5 heteroatoms. The van der Waals surface area contributed by atoms with Gasteiger partial charge in [0.1, 0.15) is 17.6 Å². The number of benzene rings is 1. The number of carbonyl (C=O) groups is 1. The van der Waals surface area contributed by atoms with E-state index in [1.54, 1.807) is 24.3 Å². The third kappa shape index (κ3) is 2.56. The van der Waals surface area contributed by atoms with Crippen LogP contribution < -0.4 is 5.32 Å². The molecule has 1 heterocycles. The van der Waals surface area contributed by atoms with Crippen molar-refractivity contribution in [3.63, 3.8) is 0 Å². The third-order valence-electron chi connectivity index (χ3n) is 3.96. The van der Waals surface area contributed by atoms with Crippen molar-refractivity contribution in [3.05, 3.63) is 59.8 Å². The number of furan rings is 1. The Hall–Kier alpha value is -2.14. The van der Waals surface area contributed by atoms with E-state index in [9.17, 15) is 14.3 Å². The highest BCUT2D eigenvalue weighted by Gasteiger charge is 2.51. The van der Waals surface area contributed by atoms with Crippen molar-refractivity contribution in [2.45, 2.75) is 24.3 Å². The maximum absolute atomic E-state index is 13.0. The molecule has 0 aliphatic heterocycles. The first-order valence-electron chi connectivity index (χ1n) is 6.87. The Kier molecular flexibility index (Phi) is 3.51. The number of amides is 1. The van der Waals surface area contributed by atoms with Crippen LogP contribution in [0.15, 0.2) is 47.1 Å². The van der Waals surface area contributed by atoms with Gasteiger partial charge in [-0.3, -0.25) is 4.79 Å². The van der Waals surface area contributed by atoms with Crippen LogP contribution in [0.2, 0.25) is 0 Å². The predicted octanol–water partition coefficient (Wildman–Crippen LogP) is 2.30. The topological polar surface area (TPSA) is 62.5 Å². The zero-order valence-electron chi connectivity index (χ0n) is 11.4. The molecule has 1 saturated carbocycles. The van der Waals surface area contributed by atoms with Gasteiger partial charge in [-0.1, -0.05) is 12.1 Å². The molecule has 1 unspecified atom stereocenters. The van der Waals surface area contributed by atoms with E-state index in [4.69, 9.17) is 4.42 Å². The molecule has 110 valence electrons. The Labute approximate surface area is 121 Å². The Morgan fingerprint density at radius 3 is 2.57 bits per heavy atom. The Morgan fingerprint density at radius 1 is 1.33 bits per heavy atom. The van der Waals surface area contributed by atoms with Crippen LogP contribution in [0.3, 0.4) is 0 Å². The van der Waals surface area contributed by atoms with Crippen molar-refractivity contribution < 1.29 is 18.7 Å². The lowest BCUT2D eigenvalue weighted by Crippen LogP contribution is -2.38. The number of hydrogen-bond donors (Lipinski definition) is 2. The second-order valence-corrected chi connectivity index (χ2v) is 5.31. The molecule has 1 aliphatic rings. The molecule has 0 bridgehead atoms. The van der Waals surface area contributed by atoms with Gasteiger partial charge < -0.3 is 14.8 Å². The minimum Gasteiger partial charge on any atom is -0.467 e. The molecular weight excluding hydrogens is 273 g/mol. The first-order valence-corrected chi connectivity index (χ1v) is 6.87. The minimum atomic E-state index is -0.603. The maximum Gasteiger partial charge on any atom is 0.231 e. The van der Waals surface area contributed by atoms with Crippen LogP contribution in [-0.2, 0) is 10.2 Å². The molecule has 2 N–H and O–H groups in total.